The fourth-order valence-corrected chi connectivity index (χ4v) is 4.68. The normalized spacial score (nSPS) is 15.6. The summed E-state index contributed by atoms with van der Waals surface area (Å²) in [6.45, 7) is -1.71. The van der Waals surface area contributed by atoms with E-state index in [0.29, 0.717) is 6.07 Å². The SMILES string of the molecule is CC(OC(N)=O)c1oc(-c2ccc(OC(F)F)c(OCC3CC3)c2)nc1C(=O)NC(CNC(=O)CC1CC1)c1ccc(F)cc1F. The number of primary amides is 1. The second-order valence-electron chi connectivity index (χ2n) is 11.2. The predicted octanol–water partition coefficient (Wildman–Crippen LogP) is 5.55. The van der Waals surface area contributed by atoms with Gasteiger partial charge in [0.15, 0.2) is 29.1 Å². The Morgan fingerprint density at radius 1 is 1.04 bits per heavy atom. The number of nitrogens with one attached hydrogen (secondary N) is 2. The fraction of sp³-hybridized carbons (Fsp3) is 0.419. The number of ether oxygens (including phenoxy) is 3. The summed E-state index contributed by atoms with van der Waals surface area (Å²) in [7, 11) is 0. The monoisotopic (exact) mass is 648 g/mol. The Hall–Kier alpha value is -4.82. The first-order chi connectivity index (χ1) is 22.0. The van der Waals surface area contributed by atoms with Crippen LogP contribution < -0.4 is 25.8 Å². The standard InChI is InChI=1S/C31H32F4N4O7/c1-15(44-31(36)42)27-26(39-29(46-27)18-6-9-23(45-30(34)35)24(11-18)43-14-17-4-5-17)28(41)38-22(13-37-25(40)10-16-2-3-16)20-8-7-19(32)12-21(20)33/h6-9,11-12,15-17,22,30H,2-5,10,13-14H2,1H3,(H2,36,42)(H,37,40)(H,38,41). The van der Waals surface area contributed by atoms with Crippen molar-refractivity contribution in [3.05, 3.63) is 65.1 Å². The molecule has 2 aliphatic carbocycles. The first-order valence-electron chi connectivity index (χ1n) is 14.7. The molecule has 2 fully saturated rings. The minimum absolute atomic E-state index is 0.00864. The molecule has 2 atom stereocenters. The molecule has 4 N–H and O–H groups in total. The maximum atomic E-state index is 14.9. The van der Waals surface area contributed by atoms with E-state index in [0.717, 1.165) is 37.8 Å². The van der Waals surface area contributed by atoms with E-state index in [2.05, 4.69) is 20.4 Å². The highest BCUT2D eigenvalue weighted by molar-refractivity contribution is 5.94. The Labute approximate surface area is 260 Å². The topological polar surface area (TPSA) is 155 Å². The van der Waals surface area contributed by atoms with Crippen molar-refractivity contribution in [2.24, 2.45) is 17.6 Å². The van der Waals surface area contributed by atoms with Crippen molar-refractivity contribution in [2.45, 2.75) is 57.8 Å². The molecule has 3 amide bonds. The molecular formula is C31H32F4N4O7. The summed E-state index contributed by atoms with van der Waals surface area (Å²) >= 11 is 0. The molecule has 2 aliphatic rings. The van der Waals surface area contributed by atoms with Gasteiger partial charge in [-0.15, -0.1) is 0 Å². The van der Waals surface area contributed by atoms with Crippen LogP contribution in [0.4, 0.5) is 22.4 Å². The zero-order valence-corrected chi connectivity index (χ0v) is 24.7. The molecule has 0 saturated heterocycles. The molecule has 1 aromatic heterocycles. The van der Waals surface area contributed by atoms with Crippen LogP contribution in [0.1, 0.15) is 73.0 Å². The number of hydrogen-bond acceptors (Lipinski definition) is 8. The van der Waals surface area contributed by atoms with Crippen LogP contribution in [0.2, 0.25) is 0 Å². The molecule has 46 heavy (non-hydrogen) atoms. The molecule has 2 unspecified atom stereocenters. The van der Waals surface area contributed by atoms with Crippen LogP contribution in [-0.4, -0.2) is 42.7 Å². The molecule has 15 heteroatoms. The zero-order chi connectivity index (χ0) is 33.0. The van der Waals surface area contributed by atoms with Gasteiger partial charge >= 0.3 is 12.7 Å². The second-order valence-corrected chi connectivity index (χ2v) is 11.2. The molecular weight excluding hydrogens is 616 g/mol. The Morgan fingerprint density at radius 2 is 1.78 bits per heavy atom. The molecule has 11 nitrogen and oxygen atoms in total. The van der Waals surface area contributed by atoms with Crippen LogP contribution in [0.5, 0.6) is 11.5 Å². The first-order valence-corrected chi connectivity index (χ1v) is 14.7. The van der Waals surface area contributed by atoms with E-state index >= 15 is 0 Å². The van der Waals surface area contributed by atoms with Gasteiger partial charge in [0, 0.05) is 30.2 Å². The Kier molecular flexibility index (Phi) is 9.97. The highest BCUT2D eigenvalue weighted by Crippen LogP contribution is 2.38. The Morgan fingerprint density at radius 3 is 2.43 bits per heavy atom. The molecule has 1 heterocycles. The van der Waals surface area contributed by atoms with Gasteiger partial charge in [0.2, 0.25) is 11.8 Å². The third-order valence-corrected chi connectivity index (χ3v) is 7.43. The Bertz CT molecular complexity index is 1590. The maximum absolute atomic E-state index is 14.9. The Balaban J connectivity index is 1.45. The lowest BCUT2D eigenvalue weighted by molar-refractivity contribution is -0.121. The van der Waals surface area contributed by atoms with Crippen molar-refractivity contribution < 1.29 is 50.6 Å². The van der Waals surface area contributed by atoms with Gasteiger partial charge in [-0.25, -0.2) is 18.6 Å². The molecule has 2 saturated carbocycles. The molecule has 5 rings (SSSR count). The van der Waals surface area contributed by atoms with Crippen LogP contribution in [0.3, 0.4) is 0 Å². The largest absolute Gasteiger partial charge is 0.489 e. The van der Waals surface area contributed by atoms with Gasteiger partial charge in [0.1, 0.15) is 11.6 Å². The van der Waals surface area contributed by atoms with E-state index in [9.17, 15) is 31.9 Å². The van der Waals surface area contributed by atoms with Gasteiger partial charge in [0.05, 0.1) is 12.6 Å². The highest BCUT2D eigenvalue weighted by Gasteiger charge is 2.31. The summed E-state index contributed by atoms with van der Waals surface area (Å²) in [5.41, 5.74) is 4.89. The number of hydrogen-bond donors (Lipinski definition) is 3. The number of benzene rings is 2. The number of carbonyl (C=O) groups excluding carboxylic acids is 3. The smallest absolute Gasteiger partial charge is 0.405 e. The summed E-state index contributed by atoms with van der Waals surface area (Å²) in [4.78, 5) is 41.9. The minimum Gasteiger partial charge on any atom is -0.489 e. The molecule has 0 radical (unpaired) electrons. The van der Waals surface area contributed by atoms with Crippen molar-refractivity contribution in [3.63, 3.8) is 0 Å². The molecule has 3 aromatic rings. The molecule has 0 spiro atoms. The summed E-state index contributed by atoms with van der Waals surface area (Å²) < 4.78 is 75.8. The van der Waals surface area contributed by atoms with Gasteiger partial charge in [0.25, 0.3) is 5.91 Å². The molecule has 2 aromatic carbocycles. The molecule has 246 valence electrons. The van der Waals surface area contributed by atoms with E-state index in [4.69, 9.17) is 19.6 Å². The summed E-state index contributed by atoms with van der Waals surface area (Å²) in [5.74, 6) is -3.10. The van der Waals surface area contributed by atoms with Crippen molar-refractivity contribution in [3.8, 4) is 23.0 Å². The van der Waals surface area contributed by atoms with Gasteiger partial charge in [-0.05, 0) is 68.7 Å². The number of alkyl halides is 2. The molecule has 0 bridgehead atoms. The minimum atomic E-state index is -3.11. The average molecular weight is 649 g/mol. The summed E-state index contributed by atoms with van der Waals surface area (Å²) in [6, 6.07) is 5.55. The van der Waals surface area contributed by atoms with Gasteiger partial charge < -0.3 is 35.0 Å². The summed E-state index contributed by atoms with van der Waals surface area (Å²) in [5, 5.41) is 5.26. The zero-order valence-electron chi connectivity index (χ0n) is 24.7. The first kappa shape index (κ1) is 32.6. The quantitative estimate of drug-likeness (QED) is 0.181. The highest BCUT2D eigenvalue weighted by atomic mass is 19.3. The van der Waals surface area contributed by atoms with E-state index in [1.807, 2.05) is 0 Å². The van der Waals surface area contributed by atoms with E-state index < -0.39 is 42.4 Å². The predicted molar refractivity (Wildman–Crippen MR) is 153 cm³/mol. The number of carbonyl (C=O) groups is 3. The van der Waals surface area contributed by atoms with Crippen molar-refractivity contribution in [1.82, 2.24) is 15.6 Å². The van der Waals surface area contributed by atoms with Crippen molar-refractivity contribution >= 4 is 17.9 Å². The lowest BCUT2D eigenvalue weighted by atomic mass is 10.0. The van der Waals surface area contributed by atoms with Gasteiger partial charge in [-0.3, -0.25) is 9.59 Å². The number of oxazole rings is 1. The summed E-state index contributed by atoms with van der Waals surface area (Å²) in [6.07, 6.45) is 1.61. The second kappa shape index (κ2) is 14.1. The van der Waals surface area contributed by atoms with Crippen LogP contribution in [0.25, 0.3) is 11.5 Å². The van der Waals surface area contributed by atoms with Gasteiger partial charge in [-0.2, -0.15) is 8.78 Å². The average Bonchev–Trinajstić information content (AvgIpc) is 3.93. The van der Waals surface area contributed by atoms with Crippen LogP contribution in [0.15, 0.2) is 40.8 Å². The third-order valence-electron chi connectivity index (χ3n) is 7.43. The van der Waals surface area contributed by atoms with E-state index in [-0.39, 0.29) is 77.3 Å². The van der Waals surface area contributed by atoms with Crippen molar-refractivity contribution in [2.75, 3.05) is 13.2 Å². The third kappa shape index (κ3) is 8.67. The fourth-order valence-electron chi connectivity index (χ4n) is 4.68. The number of nitrogens with two attached hydrogens (primary N) is 1. The lowest BCUT2D eigenvalue weighted by Gasteiger charge is -2.20. The number of nitrogens with zero attached hydrogens (tertiary/aromatic N) is 1. The van der Waals surface area contributed by atoms with E-state index in [1.165, 1.54) is 25.1 Å². The number of rotatable bonds is 15. The van der Waals surface area contributed by atoms with Gasteiger partial charge in [-0.1, -0.05) is 6.07 Å². The van der Waals surface area contributed by atoms with Crippen molar-refractivity contribution in [1.29, 1.82) is 0 Å². The lowest BCUT2D eigenvalue weighted by Crippen LogP contribution is -2.39. The number of halogens is 4. The van der Waals surface area contributed by atoms with E-state index in [1.54, 1.807) is 0 Å². The maximum Gasteiger partial charge on any atom is 0.405 e. The van der Waals surface area contributed by atoms with Crippen LogP contribution >= 0.6 is 0 Å². The molecule has 0 aliphatic heterocycles. The number of amides is 3. The van der Waals surface area contributed by atoms with Crippen LogP contribution in [-0.2, 0) is 9.53 Å². The van der Waals surface area contributed by atoms with Crippen LogP contribution in [0, 0.1) is 23.5 Å². The number of aromatic nitrogens is 1.